The molecule has 0 spiro atoms. The number of carbonyl (C=O) groups is 2. The highest BCUT2D eigenvalue weighted by Crippen LogP contribution is 2.17. The number of nitrogens with zero attached hydrogens (tertiary/aromatic N) is 3. The Hall–Kier alpha value is -3.33. The first-order valence-corrected chi connectivity index (χ1v) is 10.8. The van der Waals surface area contributed by atoms with E-state index in [2.05, 4.69) is 27.8 Å². The van der Waals surface area contributed by atoms with E-state index < -0.39 is 0 Å². The molecule has 0 radical (unpaired) electrons. The molecule has 0 unspecified atom stereocenters. The molecule has 31 heavy (non-hydrogen) atoms. The molecule has 3 rings (SSSR count). The molecule has 0 saturated heterocycles. The van der Waals surface area contributed by atoms with E-state index in [0.29, 0.717) is 22.3 Å². The molecule has 0 fully saturated rings. The molecule has 1 aromatic heterocycles. The van der Waals surface area contributed by atoms with Crippen molar-refractivity contribution in [2.75, 3.05) is 18.2 Å². The number of ether oxygens (including phenoxy) is 1. The Bertz CT molecular complexity index is 1030. The molecule has 0 aliphatic carbocycles. The van der Waals surface area contributed by atoms with Crippen LogP contribution >= 0.6 is 11.8 Å². The van der Waals surface area contributed by atoms with Gasteiger partial charge in [0.1, 0.15) is 5.75 Å². The van der Waals surface area contributed by atoms with Gasteiger partial charge in [0, 0.05) is 18.3 Å². The summed E-state index contributed by atoms with van der Waals surface area (Å²) < 4.78 is 6.86. The van der Waals surface area contributed by atoms with Gasteiger partial charge in [0.2, 0.25) is 5.91 Å². The van der Waals surface area contributed by atoms with Crippen LogP contribution in [0.5, 0.6) is 5.75 Å². The predicted octanol–water partition coefficient (Wildman–Crippen LogP) is 3.05. The summed E-state index contributed by atoms with van der Waals surface area (Å²) in [5, 5.41) is 14.5. The number of hydrogen-bond acceptors (Lipinski definition) is 6. The summed E-state index contributed by atoms with van der Waals surface area (Å²) in [6.07, 6.45) is 0.957. The zero-order chi connectivity index (χ0) is 22.2. The molecule has 2 N–H and O–H groups in total. The molecule has 0 aliphatic rings. The van der Waals surface area contributed by atoms with Gasteiger partial charge in [-0.1, -0.05) is 30.8 Å². The Morgan fingerprint density at radius 1 is 1.06 bits per heavy atom. The van der Waals surface area contributed by atoms with Crippen LogP contribution in [0.3, 0.4) is 0 Å². The van der Waals surface area contributed by atoms with Crippen LogP contribution in [0.2, 0.25) is 0 Å². The SMILES string of the molecule is CCc1ccc(NC(=O)CSc2nnc(CNC(=O)c3ccc(OC)cc3)n2C)cc1. The lowest BCUT2D eigenvalue weighted by Gasteiger charge is -2.07. The summed E-state index contributed by atoms with van der Waals surface area (Å²) in [6, 6.07) is 14.6. The first-order valence-electron chi connectivity index (χ1n) is 9.82. The molecule has 9 heteroatoms. The molecule has 0 saturated carbocycles. The molecule has 0 aliphatic heterocycles. The normalized spacial score (nSPS) is 10.5. The van der Waals surface area contributed by atoms with Gasteiger partial charge < -0.3 is 19.9 Å². The lowest BCUT2D eigenvalue weighted by atomic mass is 10.1. The van der Waals surface area contributed by atoms with Crippen LogP contribution in [0.15, 0.2) is 53.7 Å². The lowest BCUT2D eigenvalue weighted by Crippen LogP contribution is -2.24. The van der Waals surface area contributed by atoms with Gasteiger partial charge in [0.25, 0.3) is 5.91 Å². The zero-order valence-corrected chi connectivity index (χ0v) is 18.5. The third-order valence-electron chi connectivity index (χ3n) is 4.66. The van der Waals surface area contributed by atoms with Gasteiger partial charge in [-0.05, 0) is 48.4 Å². The van der Waals surface area contributed by atoms with Gasteiger partial charge in [-0.25, -0.2) is 0 Å². The molecule has 2 amide bonds. The fourth-order valence-corrected chi connectivity index (χ4v) is 3.51. The van der Waals surface area contributed by atoms with Crippen LogP contribution < -0.4 is 15.4 Å². The van der Waals surface area contributed by atoms with Crippen molar-refractivity contribution in [2.45, 2.75) is 25.0 Å². The summed E-state index contributed by atoms with van der Waals surface area (Å²) in [4.78, 5) is 24.5. The van der Waals surface area contributed by atoms with E-state index in [1.165, 1.54) is 17.3 Å². The van der Waals surface area contributed by atoms with E-state index in [0.717, 1.165) is 12.1 Å². The van der Waals surface area contributed by atoms with Gasteiger partial charge >= 0.3 is 0 Å². The van der Waals surface area contributed by atoms with Gasteiger partial charge in [0.05, 0.1) is 19.4 Å². The van der Waals surface area contributed by atoms with Crippen LogP contribution in [0.25, 0.3) is 0 Å². The molecule has 162 valence electrons. The standard InChI is InChI=1S/C22H25N5O3S/c1-4-15-5-9-17(10-6-15)24-20(28)14-31-22-26-25-19(27(22)2)13-23-21(29)16-7-11-18(30-3)12-8-16/h5-12H,4,13-14H2,1-3H3,(H,23,29)(H,24,28). The average molecular weight is 440 g/mol. The number of hydrogen-bond donors (Lipinski definition) is 2. The number of anilines is 1. The summed E-state index contributed by atoms with van der Waals surface area (Å²) >= 11 is 1.29. The number of benzene rings is 2. The largest absolute Gasteiger partial charge is 0.497 e. The van der Waals surface area contributed by atoms with Gasteiger partial charge in [-0.15, -0.1) is 10.2 Å². The molecule has 2 aromatic carbocycles. The zero-order valence-electron chi connectivity index (χ0n) is 17.7. The third kappa shape index (κ3) is 6.08. The van der Waals surface area contributed by atoms with Crippen molar-refractivity contribution < 1.29 is 14.3 Å². The molecule has 8 nitrogen and oxygen atoms in total. The second-order valence-electron chi connectivity index (χ2n) is 6.76. The van der Waals surface area contributed by atoms with Crippen molar-refractivity contribution >= 4 is 29.3 Å². The van der Waals surface area contributed by atoms with Crippen LogP contribution in [-0.2, 0) is 24.8 Å². The van der Waals surface area contributed by atoms with E-state index in [-0.39, 0.29) is 24.1 Å². The number of carbonyl (C=O) groups excluding carboxylic acids is 2. The predicted molar refractivity (Wildman–Crippen MR) is 120 cm³/mol. The van der Waals surface area contributed by atoms with Gasteiger partial charge in [-0.3, -0.25) is 9.59 Å². The Morgan fingerprint density at radius 3 is 2.42 bits per heavy atom. The molecule has 0 bridgehead atoms. The maximum atomic E-state index is 12.3. The molecule has 3 aromatic rings. The summed E-state index contributed by atoms with van der Waals surface area (Å²) in [5.74, 6) is 1.16. The first-order chi connectivity index (χ1) is 15.0. The highest BCUT2D eigenvalue weighted by atomic mass is 32.2. The minimum atomic E-state index is -0.215. The van der Waals surface area contributed by atoms with Crippen molar-refractivity contribution in [1.29, 1.82) is 0 Å². The maximum Gasteiger partial charge on any atom is 0.251 e. The van der Waals surface area contributed by atoms with Crippen molar-refractivity contribution in [3.8, 4) is 5.75 Å². The second-order valence-corrected chi connectivity index (χ2v) is 7.70. The van der Waals surface area contributed by atoms with Crippen LogP contribution in [-0.4, -0.2) is 39.4 Å². The third-order valence-corrected chi connectivity index (χ3v) is 5.68. The summed E-state index contributed by atoms with van der Waals surface area (Å²) in [6.45, 7) is 2.31. The van der Waals surface area contributed by atoms with Crippen molar-refractivity contribution in [3.05, 3.63) is 65.5 Å². The van der Waals surface area contributed by atoms with Crippen LogP contribution in [0.4, 0.5) is 5.69 Å². The van der Waals surface area contributed by atoms with E-state index >= 15 is 0 Å². The Kier molecular flexibility index (Phi) is 7.66. The highest BCUT2D eigenvalue weighted by molar-refractivity contribution is 7.99. The number of thioether (sulfide) groups is 1. The smallest absolute Gasteiger partial charge is 0.251 e. The summed E-state index contributed by atoms with van der Waals surface area (Å²) in [5.41, 5.74) is 2.52. The van der Waals surface area contributed by atoms with Gasteiger partial charge in [0.15, 0.2) is 11.0 Å². The number of aryl methyl sites for hydroxylation is 1. The molecular weight excluding hydrogens is 414 g/mol. The molecule has 1 heterocycles. The fourth-order valence-electron chi connectivity index (χ4n) is 2.78. The first kappa shape index (κ1) is 22.4. The van der Waals surface area contributed by atoms with Crippen LogP contribution in [0.1, 0.15) is 28.7 Å². The van der Waals surface area contributed by atoms with Crippen molar-refractivity contribution in [3.63, 3.8) is 0 Å². The average Bonchev–Trinajstić information content (AvgIpc) is 3.16. The highest BCUT2D eigenvalue weighted by Gasteiger charge is 2.13. The molecule has 0 atom stereocenters. The number of methoxy groups -OCH3 is 1. The van der Waals surface area contributed by atoms with E-state index in [4.69, 9.17) is 4.74 Å². The fraction of sp³-hybridized carbons (Fsp3) is 0.273. The minimum Gasteiger partial charge on any atom is -0.497 e. The Labute approximate surface area is 185 Å². The van der Waals surface area contributed by atoms with Crippen LogP contribution in [0, 0.1) is 0 Å². The maximum absolute atomic E-state index is 12.3. The molecular formula is C22H25N5O3S. The monoisotopic (exact) mass is 439 g/mol. The minimum absolute atomic E-state index is 0.119. The Balaban J connectivity index is 1.49. The number of rotatable bonds is 9. The van der Waals surface area contributed by atoms with Gasteiger partial charge in [-0.2, -0.15) is 0 Å². The number of aromatic nitrogens is 3. The van der Waals surface area contributed by atoms with E-state index in [1.54, 1.807) is 43.0 Å². The van der Waals surface area contributed by atoms with Crippen molar-refractivity contribution in [1.82, 2.24) is 20.1 Å². The van der Waals surface area contributed by atoms with Crippen molar-refractivity contribution in [2.24, 2.45) is 7.05 Å². The number of amides is 2. The van der Waals surface area contributed by atoms with E-state index in [9.17, 15) is 9.59 Å². The Morgan fingerprint density at radius 2 is 1.77 bits per heavy atom. The lowest BCUT2D eigenvalue weighted by molar-refractivity contribution is -0.113. The quantitative estimate of drug-likeness (QED) is 0.497. The number of nitrogens with one attached hydrogen (secondary N) is 2. The van der Waals surface area contributed by atoms with E-state index in [1.807, 2.05) is 24.3 Å². The second kappa shape index (κ2) is 10.6. The topological polar surface area (TPSA) is 98.1 Å². The summed E-state index contributed by atoms with van der Waals surface area (Å²) in [7, 11) is 3.38.